The Morgan fingerprint density at radius 2 is 1.75 bits per heavy atom. The molecule has 0 aromatic heterocycles. The summed E-state index contributed by atoms with van der Waals surface area (Å²) in [5.74, 6) is 0.737. The number of hydrogen-bond acceptors (Lipinski definition) is 3. The Morgan fingerprint density at radius 1 is 1.07 bits per heavy atom. The summed E-state index contributed by atoms with van der Waals surface area (Å²) in [7, 11) is 0. The Bertz CT molecular complexity index is 831. The van der Waals surface area contributed by atoms with Crippen LogP contribution >= 0.6 is 0 Å². The largest absolute Gasteiger partial charge is 0.491 e. The maximum absolute atomic E-state index is 8.95. The van der Waals surface area contributed by atoms with Gasteiger partial charge in [-0.2, -0.15) is 0 Å². The lowest BCUT2D eigenvalue weighted by molar-refractivity contribution is 0.201. The van der Waals surface area contributed by atoms with E-state index in [1.54, 1.807) is 6.08 Å². The number of ether oxygens (including phenoxy) is 1. The van der Waals surface area contributed by atoms with Crippen LogP contribution < -0.4 is 10.5 Å². The average Bonchev–Trinajstić information content (AvgIpc) is 2.73. The second-order valence-electron chi connectivity index (χ2n) is 6.21. The number of nitrogens with two attached hydrogens (primary N) is 1. The van der Waals surface area contributed by atoms with Gasteiger partial charge in [0.05, 0.1) is 6.61 Å². The molecule has 2 aromatic rings. The van der Waals surface area contributed by atoms with Gasteiger partial charge in [0.15, 0.2) is 0 Å². The summed E-state index contributed by atoms with van der Waals surface area (Å²) in [4.78, 5) is 0. The number of aliphatic hydroxyl groups excluding tert-OH is 1. The lowest BCUT2D eigenvalue weighted by Crippen LogP contribution is -2.05. The van der Waals surface area contributed by atoms with E-state index in [9.17, 15) is 0 Å². The Labute approximate surface area is 168 Å². The molecular weight excluding hydrogens is 346 g/mol. The molecule has 0 aliphatic heterocycles. The molecule has 0 bridgehead atoms. The predicted octanol–water partition coefficient (Wildman–Crippen LogP) is 4.90. The molecule has 0 saturated carbocycles. The zero-order chi connectivity index (χ0) is 20.2. The van der Waals surface area contributed by atoms with Gasteiger partial charge in [-0.15, -0.1) is 0 Å². The molecule has 0 amide bonds. The Balaban J connectivity index is 2.67. The molecule has 0 fully saturated rings. The van der Waals surface area contributed by atoms with Gasteiger partial charge < -0.3 is 15.6 Å². The minimum absolute atomic E-state index is 0.00335. The maximum atomic E-state index is 8.95. The van der Waals surface area contributed by atoms with E-state index in [0.29, 0.717) is 6.54 Å². The molecule has 2 aromatic carbocycles. The fourth-order valence-electron chi connectivity index (χ4n) is 3.12. The van der Waals surface area contributed by atoms with Crippen molar-refractivity contribution in [3.8, 4) is 5.75 Å². The molecule has 0 heterocycles. The molecule has 0 spiro atoms. The van der Waals surface area contributed by atoms with Gasteiger partial charge in [0, 0.05) is 0 Å². The van der Waals surface area contributed by atoms with E-state index >= 15 is 0 Å². The van der Waals surface area contributed by atoms with Crippen LogP contribution in [-0.2, 0) is 0 Å². The van der Waals surface area contributed by atoms with E-state index in [4.69, 9.17) is 15.6 Å². The van der Waals surface area contributed by atoms with Crippen molar-refractivity contribution in [2.75, 3.05) is 19.8 Å². The number of benzene rings is 2. The molecule has 0 radical (unpaired) electrons. The van der Waals surface area contributed by atoms with E-state index < -0.39 is 0 Å². The van der Waals surface area contributed by atoms with Crippen molar-refractivity contribution in [1.82, 2.24) is 0 Å². The standard InChI is InChI=1S/C25H29NO2/c1-3-8-20(9-4-2)24(16-17-26)25(21-10-6-5-7-11-21)22-12-14-23(15-13-22)28-19-18-27/h3-15,27H,1,16-19,26H2,2H3/b9-4-,20-8+,25-24-. The molecule has 28 heavy (non-hydrogen) atoms. The monoisotopic (exact) mass is 375 g/mol. The summed E-state index contributed by atoms with van der Waals surface area (Å²) >= 11 is 0. The van der Waals surface area contributed by atoms with Crippen LogP contribution in [0.15, 0.2) is 96.6 Å². The smallest absolute Gasteiger partial charge is 0.119 e. The lowest BCUT2D eigenvalue weighted by atomic mass is 9.87. The second-order valence-corrected chi connectivity index (χ2v) is 6.21. The summed E-state index contributed by atoms with van der Waals surface area (Å²) in [5, 5.41) is 8.95. The third kappa shape index (κ3) is 5.81. The minimum atomic E-state index is -0.00335. The number of allylic oxidation sites excluding steroid dienone is 5. The van der Waals surface area contributed by atoms with Crippen molar-refractivity contribution in [2.45, 2.75) is 13.3 Å². The highest BCUT2D eigenvalue weighted by Crippen LogP contribution is 2.33. The molecule has 3 N–H and O–H groups in total. The van der Waals surface area contributed by atoms with Gasteiger partial charge in [-0.05, 0) is 59.9 Å². The zero-order valence-corrected chi connectivity index (χ0v) is 16.5. The third-order valence-electron chi connectivity index (χ3n) is 4.25. The van der Waals surface area contributed by atoms with Gasteiger partial charge in [-0.3, -0.25) is 0 Å². The first kappa shape index (κ1) is 21.4. The predicted molar refractivity (Wildman–Crippen MR) is 118 cm³/mol. The molecule has 146 valence electrons. The van der Waals surface area contributed by atoms with Gasteiger partial charge in [-0.25, -0.2) is 0 Å². The Kier molecular flexibility index (Phi) is 8.99. The lowest BCUT2D eigenvalue weighted by Gasteiger charge is -2.18. The SMILES string of the molecule is C=C/C=C(\C=C/C)C(/CCN)=C(/c1ccccc1)c1ccc(OCCO)cc1. The summed E-state index contributed by atoms with van der Waals surface area (Å²) in [6.45, 7) is 6.71. The maximum Gasteiger partial charge on any atom is 0.119 e. The molecule has 2 rings (SSSR count). The molecule has 0 saturated heterocycles. The van der Waals surface area contributed by atoms with Gasteiger partial charge in [0.2, 0.25) is 0 Å². The van der Waals surface area contributed by atoms with E-state index in [0.717, 1.165) is 34.4 Å². The van der Waals surface area contributed by atoms with Crippen LogP contribution in [0.5, 0.6) is 5.75 Å². The van der Waals surface area contributed by atoms with Crippen LogP contribution in [0.2, 0.25) is 0 Å². The molecule has 0 aliphatic carbocycles. The highest BCUT2D eigenvalue weighted by molar-refractivity contribution is 5.85. The van der Waals surface area contributed by atoms with E-state index in [1.165, 1.54) is 5.57 Å². The van der Waals surface area contributed by atoms with Crippen LogP contribution in [0, 0.1) is 0 Å². The normalized spacial score (nSPS) is 12.8. The molecule has 0 aliphatic rings. The van der Waals surface area contributed by atoms with Crippen molar-refractivity contribution in [3.05, 3.63) is 108 Å². The second kappa shape index (κ2) is 11.8. The van der Waals surface area contributed by atoms with Crippen molar-refractivity contribution in [2.24, 2.45) is 5.73 Å². The number of hydrogen-bond donors (Lipinski definition) is 2. The van der Waals surface area contributed by atoms with Gasteiger partial charge in [0.25, 0.3) is 0 Å². The van der Waals surface area contributed by atoms with Crippen LogP contribution in [-0.4, -0.2) is 24.9 Å². The molecular formula is C25H29NO2. The van der Waals surface area contributed by atoms with E-state index in [-0.39, 0.29) is 13.2 Å². The van der Waals surface area contributed by atoms with Crippen LogP contribution in [0.25, 0.3) is 5.57 Å². The van der Waals surface area contributed by atoms with Gasteiger partial charge in [-0.1, -0.05) is 73.3 Å². The first-order valence-corrected chi connectivity index (χ1v) is 9.53. The van der Waals surface area contributed by atoms with Crippen molar-refractivity contribution < 1.29 is 9.84 Å². The molecule has 3 nitrogen and oxygen atoms in total. The van der Waals surface area contributed by atoms with Crippen LogP contribution in [0.4, 0.5) is 0 Å². The highest BCUT2D eigenvalue weighted by Gasteiger charge is 2.14. The first-order valence-electron chi connectivity index (χ1n) is 9.53. The zero-order valence-electron chi connectivity index (χ0n) is 16.5. The van der Waals surface area contributed by atoms with E-state index in [1.807, 2.05) is 61.5 Å². The topological polar surface area (TPSA) is 55.5 Å². The third-order valence-corrected chi connectivity index (χ3v) is 4.25. The minimum Gasteiger partial charge on any atom is -0.491 e. The van der Waals surface area contributed by atoms with Crippen LogP contribution in [0.1, 0.15) is 24.5 Å². The highest BCUT2D eigenvalue weighted by atomic mass is 16.5. The first-order chi connectivity index (χ1) is 13.7. The summed E-state index contributed by atoms with van der Waals surface area (Å²) in [6, 6.07) is 18.3. The molecule has 3 heteroatoms. The summed E-state index contributed by atoms with van der Waals surface area (Å²) in [6.07, 6.45) is 8.69. The number of aliphatic hydroxyl groups is 1. The fraction of sp³-hybridized carbons (Fsp3) is 0.200. The molecule has 0 atom stereocenters. The molecule has 0 unspecified atom stereocenters. The van der Waals surface area contributed by atoms with Crippen molar-refractivity contribution in [3.63, 3.8) is 0 Å². The summed E-state index contributed by atoms with van der Waals surface area (Å²) in [5.41, 5.74) is 11.6. The fourth-order valence-corrected chi connectivity index (χ4v) is 3.12. The number of rotatable bonds is 10. The average molecular weight is 376 g/mol. The Morgan fingerprint density at radius 3 is 2.32 bits per heavy atom. The van der Waals surface area contributed by atoms with Gasteiger partial charge >= 0.3 is 0 Å². The summed E-state index contributed by atoms with van der Waals surface area (Å²) < 4.78 is 5.51. The quantitative estimate of drug-likeness (QED) is 0.581. The van der Waals surface area contributed by atoms with Gasteiger partial charge in [0.1, 0.15) is 12.4 Å². The van der Waals surface area contributed by atoms with Crippen LogP contribution in [0.3, 0.4) is 0 Å². The van der Waals surface area contributed by atoms with Crippen molar-refractivity contribution in [1.29, 1.82) is 0 Å². The van der Waals surface area contributed by atoms with E-state index in [2.05, 4.69) is 24.8 Å². The van der Waals surface area contributed by atoms with Crippen molar-refractivity contribution >= 4 is 5.57 Å². The Hall–Kier alpha value is -2.88.